The largest absolute Gasteiger partial charge is 0.493 e. The molecule has 3 aromatic rings. The van der Waals surface area contributed by atoms with E-state index in [0.29, 0.717) is 5.75 Å². The van der Waals surface area contributed by atoms with Crippen LogP contribution in [0.3, 0.4) is 0 Å². The van der Waals surface area contributed by atoms with E-state index in [0.717, 1.165) is 21.9 Å². The summed E-state index contributed by atoms with van der Waals surface area (Å²) in [4.78, 5) is 12.6. The molecule has 3 rings (SSSR count). The molecular formula is C26H29N3O5S. The number of ether oxygens (including phenoxy) is 2. The first kappa shape index (κ1) is 25.9. The average molecular weight is 496 g/mol. The zero-order chi connectivity index (χ0) is 25.3. The van der Waals surface area contributed by atoms with E-state index in [4.69, 9.17) is 9.47 Å². The van der Waals surface area contributed by atoms with Gasteiger partial charge < -0.3 is 9.47 Å². The van der Waals surface area contributed by atoms with Gasteiger partial charge in [-0.05, 0) is 35.2 Å². The molecule has 1 N–H and O–H groups in total. The van der Waals surface area contributed by atoms with Crippen LogP contribution in [0.4, 0.5) is 0 Å². The van der Waals surface area contributed by atoms with E-state index in [1.165, 1.54) is 44.2 Å². The number of carbonyl (C=O) groups is 1. The number of hydrogen-bond donors (Lipinski definition) is 1. The Kier molecular flexibility index (Phi) is 8.99. The van der Waals surface area contributed by atoms with E-state index in [1.807, 2.05) is 42.5 Å². The third-order valence-electron chi connectivity index (χ3n) is 5.31. The standard InChI is InChI=1S/C26H29N3O5S/c1-4-20-10-12-21(13-11-20)17-27-28-26(30)19-29(18-22-8-6-5-7-9-22)35(31,32)23-14-15-24(33-2)25(16-23)34-3/h5-17H,4,18-19H2,1-3H3,(H,28,30)/b27-17-. The van der Waals surface area contributed by atoms with Gasteiger partial charge in [0, 0.05) is 12.6 Å². The van der Waals surface area contributed by atoms with E-state index >= 15 is 0 Å². The summed E-state index contributed by atoms with van der Waals surface area (Å²) in [5, 5.41) is 3.98. The lowest BCUT2D eigenvalue weighted by atomic mass is 10.1. The summed E-state index contributed by atoms with van der Waals surface area (Å²) in [5.74, 6) is 0.114. The van der Waals surface area contributed by atoms with Crippen molar-refractivity contribution < 1.29 is 22.7 Å². The van der Waals surface area contributed by atoms with Gasteiger partial charge in [0.2, 0.25) is 10.0 Å². The number of nitrogens with zero attached hydrogens (tertiary/aromatic N) is 2. The van der Waals surface area contributed by atoms with Crippen molar-refractivity contribution in [2.45, 2.75) is 24.8 Å². The predicted octanol–water partition coefficient (Wildman–Crippen LogP) is 3.61. The van der Waals surface area contributed by atoms with Crippen molar-refractivity contribution >= 4 is 22.1 Å². The molecule has 0 fully saturated rings. The molecule has 0 unspecified atom stereocenters. The van der Waals surface area contributed by atoms with Gasteiger partial charge in [-0.3, -0.25) is 4.79 Å². The molecule has 3 aromatic carbocycles. The maximum Gasteiger partial charge on any atom is 0.255 e. The van der Waals surface area contributed by atoms with Gasteiger partial charge in [0.1, 0.15) is 0 Å². The molecule has 0 aliphatic rings. The number of hydrazone groups is 1. The lowest BCUT2D eigenvalue weighted by Crippen LogP contribution is -2.39. The van der Waals surface area contributed by atoms with Crippen LogP contribution in [0.25, 0.3) is 0 Å². The summed E-state index contributed by atoms with van der Waals surface area (Å²) in [6.07, 6.45) is 2.45. The van der Waals surface area contributed by atoms with Gasteiger partial charge in [0.15, 0.2) is 11.5 Å². The molecule has 0 aliphatic carbocycles. The molecule has 35 heavy (non-hydrogen) atoms. The number of sulfonamides is 1. The number of carbonyl (C=O) groups excluding carboxylic acids is 1. The molecular weight excluding hydrogens is 466 g/mol. The molecule has 0 saturated heterocycles. The third-order valence-corrected chi connectivity index (χ3v) is 7.09. The second-order valence-electron chi connectivity index (χ2n) is 7.66. The van der Waals surface area contributed by atoms with Crippen LogP contribution in [0.1, 0.15) is 23.6 Å². The minimum Gasteiger partial charge on any atom is -0.493 e. The maximum absolute atomic E-state index is 13.5. The van der Waals surface area contributed by atoms with Gasteiger partial charge in [-0.25, -0.2) is 13.8 Å². The van der Waals surface area contributed by atoms with Gasteiger partial charge in [0.25, 0.3) is 5.91 Å². The molecule has 0 saturated carbocycles. The fraction of sp³-hybridized carbons (Fsp3) is 0.231. The summed E-state index contributed by atoms with van der Waals surface area (Å²) < 4.78 is 38.6. The minimum absolute atomic E-state index is 0.00708. The molecule has 1 amide bonds. The lowest BCUT2D eigenvalue weighted by Gasteiger charge is -2.22. The summed E-state index contributed by atoms with van der Waals surface area (Å²) in [6.45, 7) is 1.66. The average Bonchev–Trinajstić information content (AvgIpc) is 2.88. The Morgan fingerprint density at radius 2 is 1.63 bits per heavy atom. The van der Waals surface area contributed by atoms with Crippen molar-refractivity contribution in [1.82, 2.24) is 9.73 Å². The lowest BCUT2D eigenvalue weighted by molar-refractivity contribution is -0.121. The monoisotopic (exact) mass is 495 g/mol. The Morgan fingerprint density at radius 3 is 2.26 bits per heavy atom. The van der Waals surface area contributed by atoms with Crippen LogP contribution < -0.4 is 14.9 Å². The zero-order valence-corrected chi connectivity index (χ0v) is 20.8. The van der Waals surface area contributed by atoms with E-state index < -0.39 is 22.5 Å². The second kappa shape index (κ2) is 12.1. The number of amides is 1. The molecule has 0 aromatic heterocycles. The van der Waals surface area contributed by atoms with Gasteiger partial charge in [-0.15, -0.1) is 0 Å². The highest BCUT2D eigenvalue weighted by Gasteiger charge is 2.28. The first-order valence-corrected chi connectivity index (χ1v) is 12.5. The summed E-state index contributed by atoms with van der Waals surface area (Å²) in [7, 11) is -1.15. The number of hydrogen-bond acceptors (Lipinski definition) is 6. The fourth-order valence-electron chi connectivity index (χ4n) is 3.35. The van der Waals surface area contributed by atoms with Crippen LogP contribution in [0.2, 0.25) is 0 Å². The number of aryl methyl sites for hydroxylation is 1. The molecule has 0 radical (unpaired) electrons. The first-order chi connectivity index (χ1) is 16.9. The van der Waals surface area contributed by atoms with Gasteiger partial charge in [-0.1, -0.05) is 61.5 Å². The topological polar surface area (TPSA) is 97.3 Å². The second-order valence-corrected chi connectivity index (χ2v) is 9.60. The van der Waals surface area contributed by atoms with Crippen LogP contribution >= 0.6 is 0 Å². The SMILES string of the molecule is CCc1ccc(/C=N\NC(=O)CN(Cc2ccccc2)S(=O)(=O)c2ccc(OC)c(OC)c2)cc1. The number of nitrogens with one attached hydrogen (secondary N) is 1. The Bertz CT molecular complexity index is 1260. The Labute approximate surface area is 206 Å². The summed E-state index contributed by atoms with van der Waals surface area (Å²) in [5.41, 5.74) is 5.18. The summed E-state index contributed by atoms with van der Waals surface area (Å²) >= 11 is 0. The highest BCUT2D eigenvalue weighted by Crippen LogP contribution is 2.31. The summed E-state index contributed by atoms with van der Waals surface area (Å²) in [6, 6.07) is 21.1. The van der Waals surface area contributed by atoms with Crippen molar-refractivity contribution in [3.8, 4) is 11.5 Å². The van der Waals surface area contributed by atoms with Crippen LogP contribution in [-0.4, -0.2) is 45.6 Å². The van der Waals surface area contributed by atoms with Crippen molar-refractivity contribution in [2.75, 3.05) is 20.8 Å². The van der Waals surface area contributed by atoms with E-state index in [1.54, 1.807) is 12.1 Å². The molecule has 9 heteroatoms. The van der Waals surface area contributed by atoms with Crippen LogP contribution in [0.15, 0.2) is 82.8 Å². The molecule has 0 heterocycles. The fourth-order valence-corrected chi connectivity index (χ4v) is 4.75. The zero-order valence-electron chi connectivity index (χ0n) is 20.0. The number of benzene rings is 3. The van der Waals surface area contributed by atoms with Crippen LogP contribution in [0.5, 0.6) is 11.5 Å². The Hall–Kier alpha value is -3.69. The molecule has 0 bridgehead atoms. The molecule has 0 atom stereocenters. The van der Waals surface area contributed by atoms with E-state index in [-0.39, 0.29) is 17.2 Å². The van der Waals surface area contributed by atoms with E-state index in [2.05, 4.69) is 17.5 Å². The predicted molar refractivity (Wildman–Crippen MR) is 135 cm³/mol. The number of rotatable bonds is 11. The van der Waals surface area contributed by atoms with Crippen molar-refractivity contribution in [1.29, 1.82) is 0 Å². The quantitative estimate of drug-likeness (QED) is 0.324. The Balaban J connectivity index is 1.81. The smallest absolute Gasteiger partial charge is 0.255 e. The molecule has 0 aliphatic heterocycles. The van der Waals surface area contributed by atoms with Crippen LogP contribution in [0, 0.1) is 0 Å². The van der Waals surface area contributed by atoms with Crippen LogP contribution in [-0.2, 0) is 27.8 Å². The van der Waals surface area contributed by atoms with Gasteiger partial charge >= 0.3 is 0 Å². The van der Waals surface area contributed by atoms with Crippen molar-refractivity contribution in [3.05, 3.63) is 89.5 Å². The maximum atomic E-state index is 13.5. The minimum atomic E-state index is -4.05. The van der Waals surface area contributed by atoms with Crippen molar-refractivity contribution in [2.24, 2.45) is 5.10 Å². The Morgan fingerprint density at radius 1 is 0.943 bits per heavy atom. The van der Waals surface area contributed by atoms with Gasteiger partial charge in [-0.2, -0.15) is 9.41 Å². The highest BCUT2D eigenvalue weighted by molar-refractivity contribution is 7.89. The molecule has 184 valence electrons. The first-order valence-electron chi connectivity index (χ1n) is 11.0. The third kappa shape index (κ3) is 6.91. The molecule has 0 spiro atoms. The highest BCUT2D eigenvalue weighted by atomic mass is 32.2. The van der Waals surface area contributed by atoms with Crippen molar-refractivity contribution in [3.63, 3.8) is 0 Å². The molecule has 8 nitrogen and oxygen atoms in total. The normalized spacial score (nSPS) is 11.5. The van der Waals surface area contributed by atoms with E-state index in [9.17, 15) is 13.2 Å². The van der Waals surface area contributed by atoms with Gasteiger partial charge in [0.05, 0.1) is 31.9 Å². The number of methoxy groups -OCH3 is 2.